The fourth-order valence-electron chi connectivity index (χ4n) is 4.71. The van der Waals surface area contributed by atoms with Crippen LogP contribution >= 0.6 is 11.3 Å². The van der Waals surface area contributed by atoms with Crippen molar-refractivity contribution in [1.82, 2.24) is 10.2 Å². The van der Waals surface area contributed by atoms with Crippen molar-refractivity contribution in [3.05, 3.63) is 47.0 Å². The highest BCUT2D eigenvalue weighted by Gasteiger charge is 2.59. The van der Waals surface area contributed by atoms with Crippen LogP contribution in [-0.2, 0) is 16.0 Å². The molecular weight excluding hydrogens is 388 g/mol. The predicted octanol–water partition coefficient (Wildman–Crippen LogP) is 3.05. The van der Waals surface area contributed by atoms with Gasteiger partial charge in [0.15, 0.2) is 0 Å². The summed E-state index contributed by atoms with van der Waals surface area (Å²) in [6, 6.07) is 6.56. The van der Waals surface area contributed by atoms with Gasteiger partial charge < -0.3 is 0 Å². The van der Waals surface area contributed by atoms with Gasteiger partial charge in [0.1, 0.15) is 5.01 Å². The van der Waals surface area contributed by atoms with Crippen LogP contribution in [0.1, 0.15) is 35.1 Å². The monoisotopic (exact) mass is 408 g/mol. The third kappa shape index (κ3) is 2.90. The number of nitrogens with one attached hydrogen (secondary N) is 1. The van der Waals surface area contributed by atoms with Gasteiger partial charge in [-0.15, -0.1) is 10.2 Å². The smallest absolute Gasteiger partial charge is 0.257 e. The minimum absolute atomic E-state index is 0.119. The fourth-order valence-corrected chi connectivity index (χ4v) is 5.54. The van der Waals surface area contributed by atoms with Crippen LogP contribution in [0, 0.1) is 23.7 Å². The molecule has 29 heavy (non-hydrogen) atoms. The number of aromatic nitrogens is 2. The molecule has 0 unspecified atom stereocenters. The second kappa shape index (κ2) is 6.88. The normalized spacial score (nSPS) is 27.0. The molecular formula is C21H20N4O3S. The molecule has 5 rings (SSSR count). The minimum Gasteiger partial charge on any atom is -0.296 e. The molecule has 2 aliphatic carbocycles. The summed E-state index contributed by atoms with van der Waals surface area (Å²) in [6.45, 7) is 2.06. The van der Waals surface area contributed by atoms with Gasteiger partial charge in [-0.25, -0.2) is 0 Å². The van der Waals surface area contributed by atoms with E-state index in [1.54, 1.807) is 24.3 Å². The maximum Gasteiger partial charge on any atom is 0.257 e. The number of imide groups is 1. The van der Waals surface area contributed by atoms with E-state index in [1.165, 1.54) is 16.2 Å². The van der Waals surface area contributed by atoms with Crippen LogP contribution < -0.4 is 10.2 Å². The van der Waals surface area contributed by atoms with Crippen molar-refractivity contribution in [2.75, 3.05) is 10.2 Å². The Kier molecular flexibility index (Phi) is 4.31. The number of amides is 3. The van der Waals surface area contributed by atoms with Gasteiger partial charge in [0.05, 0.1) is 17.5 Å². The number of carbonyl (C=O) groups excluding carboxylic acids is 3. The molecule has 1 aromatic heterocycles. The summed E-state index contributed by atoms with van der Waals surface area (Å²) in [5, 5.41) is 12.1. The molecule has 3 aliphatic rings. The van der Waals surface area contributed by atoms with Crippen molar-refractivity contribution < 1.29 is 14.4 Å². The highest BCUT2D eigenvalue weighted by Crippen LogP contribution is 2.53. The Balaban J connectivity index is 1.31. The van der Waals surface area contributed by atoms with Crippen molar-refractivity contribution in [3.63, 3.8) is 0 Å². The van der Waals surface area contributed by atoms with Crippen LogP contribution in [0.15, 0.2) is 36.4 Å². The molecule has 2 bridgehead atoms. The van der Waals surface area contributed by atoms with Gasteiger partial charge in [-0.2, -0.15) is 0 Å². The lowest BCUT2D eigenvalue weighted by molar-refractivity contribution is -0.123. The number of carbonyl (C=O) groups is 3. The van der Waals surface area contributed by atoms with Crippen LogP contribution in [0.25, 0.3) is 0 Å². The Bertz CT molecular complexity index is 999. The standard InChI is InChI=1S/C21H20N4O3S/c1-2-3-15-23-24-21(29-15)22-18(26)11-6-8-14(9-7-11)25-19(27)16-12-4-5-13(10-12)17(16)20(25)28/h4-9,12-13,16-17H,2-3,10H2,1H3,(H,22,24,26)/t12-,13-,16+,17+/m0/s1. The largest absolute Gasteiger partial charge is 0.296 e. The number of allylic oxidation sites excluding steroid dienone is 2. The van der Waals surface area contributed by atoms with Crippen molar-refractivity contribution in [2.24, 2.45) is 23.7 Å². The molecule has 1 N–H and O–H groups in total. The molecule has 1 aromatic carbocycles. The summed E-state index contributed by atoms with van der Waals surface area (Å²) in [7, 11) is 0. The molecule has 148 valence electrons. The molecule has 1 saturated carbocycles. The lowest BCUT2D eigenvalue weighted by Gasteiger charge is -2.17. The average Bonchev–Trinajstić information content (AvgIpc) is 3.48. The molecule has 0 radical (unpaired) electrons. The molecule has 2 heterocycles. The van der Waals surface area contributed by atoms with E-state index in [2.05, 4.69) is 34.6 Å². The fraction of sp³-hybridized carbons (Fsp3) is 0.381. The first-order chi connectivity index (χ1) is 14.1. The van der Waals surface area contributed by atoms with Gasteiger partial charge in [-0.1, -0.05) is 30.4 Å². The highest BCUT2D eigenvalue weighted by atomic mass is 32.1. The molecule has 2 fully saturated rings. The number of aryl methyl sites for hydroxylation is 1. The molecule has 1 aliphatic heterocycles. The zero-order valence-corrected chi connectivity index (χ0v) is 16.7. The lowest BCUT2D eigenvalue weighted by atomic mass is 9.85. The van der Waals surface area contributed by atoms with E-state index in [0.717, 1.165) is 24.3 Å². The van der Waals surface area contributed by atoms with Gasteiger partial charge in [-0.3, -0.25) is 24.6 Å². The molecule has 7 nitrogen and oxygen atoms in total. The number of hydrogen-bond acceptors (Lipinski definition) is 6. The Morgan fingerprint density at radius 3 is 2.38 bits per heavy atom. The van der Waals surface area contributed by atoms with E-state index in [0.29, 0.717) is 16.4 Å². The van der Waals surface area contributed by atoms with Crippen molar-refractivity contribution >= 4 is 39.9 Å². The van der Waals surface area contributed by atoms with E-state index in [1.807, 2.05) is 0 Å². The zero-order valence-electron chi connectivity index (χ0n) is 15.9. The minimum atomic E-state index is -0.297. The van der Waals surface area contributed by atoms with E-state index < -0.39 is 0 Å². The summed E-state index contributed by atoms with van der Waals surface area (Å²) < 4.78 is 0. The lowest BCUT2D eigenvalue weighted by Crippen LogP contribution is -2.32. The predicted molar refractivity (Wildman–Crippen MR) is 109 cm³/mol. The second-order valence-electron chi connectivity index (χ2n) is 7.76. The van der Waals surface area contributed by atoms with Gasteiger partial charge in [0, 0.05) is 12.0 Å². The summed E-state index contributed by atoms with van der Waals surface area (Å²) in [5.41, 5.74) is 0.952. The molecule has 8 heteroatoms. The first kappa shape index (κ1) is 18.2. The first-order valence-corrected chi connectivity index (χ1v) is 10.7. The molecule has 1 saturated heterocycles. The van der Waals surface area contributed by atoms with Crippen molar-refractivity contribution in [3.8, 4) is 0 Å². The molecule has 4 atom stereocenters. The highest BCUT2D eigenvalue weighted by molar-refractivity contribution is 7.15. The third-order valence-corrected chi connectivity index (χ3v) is 6.91. The maximum absolute atomic E-state index is 12.9. The molecule has 0 spiro atoms. The van der Waals surface area contributed by atoms with Gasteiger partial charge in [0.25, 0.3) is 5.91 Å². The summed E-state index contributed by atoms with van der Waals surface area (Å²) in [4.78, 5) is 39.5. The Morgan fingerprint density at radius 2 is 1.76 bits per heavy atom. The van der Waals surface area contributed by atoms with Gasteiger partial charge >= 0.3 is 0 Å². The zero-order chi connectivity index (χ0) is 20.1. The Labute approximate surface area is 171 Å². The van der Waals surface area contributed by atoms with E-state index in [9.17, 15) is 14.4 Å². The number of nitrogens with zero attached hydrogens (tertiary/aromatic N) is 3. The number of fused-ring (bicyclic) bond motifs is 5. The van der Waals surface area contributed by atoms with E-state index in [-0.39, 0.29) is 41.4 Å². The van der Waals surface area contributed by atoms with Crippen LogP contribution in [-0.4, -0.2) is 27.9 Å². The van der Waals surface area contributed by atoms with Crippen LogP contribution in [0.3, 0.4) is 0 Å². The average molecular weight is 408 g/mol. The molecule has 2 aromatic rings. The number of rotatable bonds is 5. The second-order valence-corrected chi connectivity index (χ2v) is 8.83. The van der Waals surface area contributed by atoms with Crippen molar-refractivity contribution in [2.45, 2.75) is 26.2 Å². The Hall–Kier alpha value is -2.87. The van der Waals surface area contributed by atoms with Crippen LogP contribution in [0.5, 0.6) is 0 Å². The summed E-state index contributed by atoms with van der Waals surface area (Å²) >= 11 is 1.36. The van der Waals surface area contributed by atoms with E-state index in [4.69, 9.17) is 0 Å². The number of anilines is 2. The summed E-state index contributed by atoms with van der Waals surface area (Å²) in [6.07, 6.45) is 6.86. The third-order valence-electron chi connectivity index (χ3n) is 6.01. The topological polar surface area (TPSA) is 92.3 Å². The number of benzene rings is 1. The Morgan fingerprint density at radius 1 is 1.10 bits per heavy atom. The SMILES string of the molecule is CCCc1nnc(NC(=O)c2ccc(N3C(=O)[C@H]4[C@H](C3=O)[C@H]3C=C[C@H]4C3)cc2)s1. The quantitative estimate of drug-likeness (QED) is 0.606. The van der Waals surface area contributed by atoms with Gasteiger partial charge in [0.2, 0.25) is 16.9 Å². The molecule has 3 amide bonds. The van der Waals surface area contributed by atoms with E-state index >= 15 is 0 Å². The maximum atomic E-state index is 12.9. The first-order valence-electron chi connectivity index (χ1n) is 9.86. The van der Waals surface area contributed by atoms with Crippen LogP contribution in [0.4, 0.5) is 10.8 Å². The van der Waals surface area contributed by atoms with Crippen molar-refractivity contribution in [1.29, 1.82) is 0 Å². The number of hydrogen-bond donors (Lipinski definition) is 1. The van der Waals surface area contributed by atoms with Crippen LogP contribution in [0.2, 0.25) is 0 Å². The summed E-state index contributed by atoms with van der Waals surface area (Å²) in [5.74, 6) is -0.626. The van der Waals surface area contributed by atoms with Gasteiger partial charge in [-0.05, 0) is 48.9 Å².